The Kier molecular flexibility index (Phi) is 11.3. The Bertz CT molecular complexity index is 2180. The molecule has 1 aliphatic carbocycles. The Morgan fingerprint density at radius 1 is 0.902 bits per heavy atom. The van der Waals surface area contributed by atoms with E-state index in [-0.39, 0.29) is 59.0 Å². The van der Waals surface area contributed by atoms with E-state index in [1.54, 1.807) is 23.1 Å². The van der Waals surface area contributed by atoms with Gasteiger partial charge in [0.25, 0.3) is 0 Å². The van der Waals surface area contributed by atoms with Gasteiger partial charge in [0, 0.05) is 79.5 Å². The molecule has 9 rings (SSSR count). The number of piperazine rings is 1. The number of fused-ring (bicyclic) bond motifs is 1. The molecule has 4 atom stereocenters. The minimum absolute atomic E-state index is 0.0119. The number of amides is 2. The van der Waals surface area contributed by atoms with Gasteiger partial charge in [-0.2, -0.15) is 5.26 Å². The second kappa shape index (κ2) is 16.6. The number of nitriles is 1. The van der Waals surface area contributed by atoms with Gasteiger partial charge in [-0.3, -0.25) is 19.8 Å². The molecule has 5 fully saturated rings. The van der Waals surface area contributed by atoms with E-state index in [1.807, 2.05) is 31.4 Å². The molecule has 3 aromatic rings. The maximum absolute atomic E-state index is 13.6. The van der Waals surface area contributed by atoms with E-state index in [4.69, 9.17) is 21.1 Å². The van der Waals surface area contributed by atoms with Gasteiger partial charge in [0.15, 0.2) is 0 Å². The van der Waals surface area contributed by atoms with Crippen molar-refractivity contribution in [1.29, 1.82) is 5.26 Å². The molecule has 12 nitrogen and oxygen atoms in total. The van der Waals surface area contributed by atoms with Crippen molar-refractivity contribution in [3.05, 3.63) is 89.1 Å². The Morgan fingerprint density at radius 2 is 1.62 bits per heavy atom. The van der Waals surface area contributed by atoms with Crippen LogP contribution in [0.3, 0.4) is 0 Å². The molecule has 5 aliphatic heterocycles. The van der Waals surface area contributed by atoms with Crippen LogP contribution in [0.2, 0.25) is 5.02 Å². The van der Waals surface area contributed by atoms with Crippen molar-refractivity contribution in [2.24, 2.45) is 28.6 Å². The molecule has 5 heterocycles. The number of benzene rings is 3. The fourth-order valence-corrected chi connectivity index (χ4v) is 11.7. The Morgan fingerprint density at radius 3 is 2.31 bits per heavy atom. The molecule has 6 aliphatic rings. The zero-order chi connectivity index (χ0) is 42.6. The highest BCUT2D eigenvalue weighted by atomic mass is 35.5. The molecule has 3 aromatic carbocycles. The van der Waals surface area contributed by atoms with Gasteiger partial charge in [-0.15, -0.1) is 0 Å². The number of carbonyl (C=O) groups excluding carboxylic acids is 2. The first kappa shape index (κ1) is 41.7. The molecule has 322 valence electrons. The summed E-state index contributed by atoms with van der Waals surface area (Å²) >= 11 is 6.27. The number of hydrogen-bond donors (Lipinski definition) is 4. The molecule has 4 unspecified atom stereocenters. The Labute approximate surface area is 364 Å². The molecule has 1 saturated carbocycles. The monoisotopic (exact) mass is 846 g/mol. The molecule has 2 amide bonds. The minimum atomic E-state index is -0.313. The van der Waals surface area contributed by atoms with Crippen molar-refractivity contribution in [3.63, 3.8) is 0 Å². The van der Waals surface area contributed by atoms with Gasteiger partial charge in [0.1, 0.15) is 29.4 Å². The summed E-state index contributed by atoms with van der Waals surface area (Å²) < 4.78 is 12.9. The van der Waals surface area contributed by atoms with Gasteiger partial charge < -0.3 is 35.2 Å². The third-order valence-corrected chi connectivity index (χ3v) is 15.0. The maximum atomic E-state index is 13.6. The number of halogens is 1. The smallest absolute Gasteiger partial charge is 0.244 e. The summed E-state index contributed by atoms with van der Waals surface area (Å²) in [5, 5.41) is 23.6. The van der Waals surface area contributed by atoms with E-state index >= 15 is 0 Å². The van der Waals surface area contributed by atoms with Crippen molar-refractivity contribution in [2.75, 3.05) is 57.8 Å². The average molecular weight is 848 g/mol. The highest BCUT2D eigenvalue weighted by Crippen LogP contribution is 2.55. The first-order chi connectivity index (χ1) is 29.3. The maximum Gasteiger partial charge on any atom is 0.244 e. The van der Waals surface area contributed by atoms with Crippen LogP contribution in [-0.2, 0) is 9.59 Å². The lowest BCUT2D eigenvalue weighted by Gasteiger charge is -2.63. The molecule has 0 radical (unpaired) electrons. The number of likely N-dealkylation sites (N-methyl/N-ethyl adjacent to an activating group) is 1. The SMILES string of the molecule is CN1C=C(c2ccccc2Oc2ccc(N3CC(C4CCN(C5CNC(C(=O)NC6C(C)(C)C(Oc7ccc(C#N)c(Cl)c7)C6(C)C)CN5)CC4)C3)cc2)C2CCNC2C1=O. The summed E-state index contributed by atoms with van der Waals surface area (Å²) in [4.78, 5) is 33.1. The third-order valence-electron chi connectivity index (χ3n) is 14.7. The van der Waals surface area contributed by atoms with Crippen LogP contribution in [0.1, 0.15) is 58.1 Å². The predicted octanol–water partition coefficient (Wildman–Crippen LogP) is 5.83. The molecule has 4 saturated heterocycles. The number of piperidine rings is 1. The average Bonchev–Trinajstić information content (AvgIpc) is 3.74. The molecular formula is C48H59ClN8O4. The van der Waals surface area contributed by atoms with E-state index in [1.165, 1.54) is 18.5 Å². The van der Waals surface area contributed by atoms with Crippen LogP contribution in [0.15, 0.2) is 72.9 Å². The van der Waals surface area contributed by atoms with Crippen LogP contribution in [0.25, 0.3) is 5.57 Å². The van der Waals surface area contributed by atoms with Crippen LogP contribution < -0.4 is 35.6 Å². The summed E-state index contributed by atoms with van der Waals surface area (Å²) in [7, 11) is 1.83. The molecule has 13 heteroatoms. The molecule has 0 bridgehead atoms. The van der Waals surface area contributed by atoms with Crippen molar-refractivity contribution in [2.45, 2.75) is 77.4 Å². The van der Waals surface area contributed by atoms with Crippen LogP contribution >= 0.6 is 11.6 Å². The van der Waals surface area contributed by atoms with Gasteiger partial charge in [-0.1, -0.05) is 57.5 Å². The molecule has 0 aromatic heterocycles. The second-order valence-corrected chi connectivity index (χ2v) is 19.6. The number of anilines is 1. The highest BCUT2D eigenvalue weighted by Gasteiger charge is 2.64. The molecule has 0 spiro atoms. The van der Waals surface area contributed by atoms with Crippen LogP contribution in [0, 0.1) is 39.9 Å². The second-order valence-electron chi connectivity index (χ2n) is 19.2. The third kappa shape index (κ3) is 7.89. The van der Waals surface area contributed by atoms with Crippen LogP contribution in [0.4, 0.5) is 5.69 Å². The fraction of sp³-hybridized carbons (Fsp3) is 0.521. The lowest BCUT2D eigenvalue weighted by molar-refractivity contribution is -0.174. The Hall–Kier alpha value is -4.64. The van der Waals surface area contributed by atoms with E-state index < -0.39 is 0 Å². The number of ether oxygens (including phenoxy) is 2. The van der Waals surface area contributed by atoms with Crippen molar-refractivity contribution in [1.82, 2.24) is 31.1 Å². The summed E-state index contributed by atoms with van der Waals surface area (Å²) in [6.45, 7) is 14.9. The molecule has 4 N–H and O–H groups in total. The quantitative estimate of drug-likeness (QED) is 0.198. The summed E-state index contributed by atoms with van der Waals surface area (Å²) in [6.07, 6.45) is 5.36. The van der Waals surface area contributed by atoms with Gasteiger partial charge in [0.05, 0.1) is 28.8 Å². The van der Waals surface area contributed by atoms with Gasteiger partial charge in [-0.05, 0) is 98.8 Å². The van der Waals surface area contributed by atoms with Gasteiger partial charge >= 0.3 is 0 Å². The first-order valence-corrected chi connectivity index (χ1v) is 22.4. The number of likely N-dealkylation sites (tertiary alicyclic amines) is 1. The zero-order valence-corrected chi connectivity index (χ0v) is 36.7. The van der Waals surface area contributed by atoms with Crippen molar-refractivity contribution >= 4 is 34.7 Å². The number of rotatable bonds is 10. The van der Waals surface area contributed by atoms with Crippen LogP contribution in [-0.4, -0.2) is 105 Å². The van der Waals surface area contributed by atoms with Gasteiger partial charge in [0.2, 0.25) is 11.8 Å². The standard InChI is InChI=1S/C48H59ClN8O4/c1-47(2)45(48(3,4)46(47)61-34-13-10-30(23-50)38(49)22-34)54-43(58)39-24-53-41(25-52-39)56-20-17-29(18-21-56)31-26-57(27-31)32-11-14-33(15-12-32)60-40-9-7-6-8-35(40)37-28-55(5)44(59)42-36(37)16-19-51-42/h6-15,22,28-29,31,36,39,41-42,45-46,51-53H,16-21,24-27H2,1-5H3,(H,54,58). The fourth-order valence-electron chi connectivity index (χ4n) is 11.5. The number of carbonyl (C=O) groups is 2. The number of para-hydroxylation sites is 1. The molecular weight excluding hydrogens is 788 g/mol. The van der Waals surface area contributed by atoms with Crippen molar-refractivity contribution in [3.8, 4) is 23.3 Å². The van der Waals surface area contributed by atoms with E-state index in [0.717, 1.165) is 74.2 Å². The number of hydrogen-bond acceptors (Lipinski definition) is 10. The highest BCUT2D eigenvalue weighted by molar-refractivity contribution is 6.31. The minimum Gasteiger partial charge on any atom is -0.489 e. The van der Waals surface area contributed by atoms with E-state index in [2.05, 4.69) is 95.2 Å². The van der Waals surface area contributed by atoms with Crippen molar-refractivity contribution < 1.29 is 19.1 Å². The lowest BCUT2D eigenvalue weighted by Crippen LogP contribution is -2.76. The largest absolute Gasteiger partial charge is 0.489 e. The topological polar surface area (TPSA) is 134 Å². The van der Waals surface area contributed by atoms with E-state index in [0.29, 0.717) is 28.8 Å². The predicted molar refractivity (Wildman–Crippen MR) is 237 cm³/mol. The zero-order valence-electron chi connectivity index (χ0n) is 35.9. The summed E-state index contributed by atoms with van der Waals surface area (Å²) in [5.74, 6) is 3.94. The number of nitrogens with one attached hydrogen (secondary N) is 4. The molecule has 61 heavy (non-hydrogen) atoms. The first-order valence-electron chi connectivity index (χ1n) is 22.0. The van der Waals surface area contributed by atoms with Crippen LogP contribution in [0.5, 0.6) is 17.2 Å². The lowest BCUT2D eigenvalue weighted by atomic mass is 9.49. The normalized spacial score (nSPS) is 28.8. The summed E-state index contributed by atoms with van der Waals surface area (Å²) in [6, 6.07) is 23.3. The summed E-state index contributed by atoms with van der Waals surface area (Å²) in [5.41, 5.74) is 3.21. The Balaban J connectivity index is 0.709. The van der Waals surface area contributed by atoms with Gasteiger partial charge in [-0.25, -0.2) is 0 Å². The van der Waals surface area contributed by atoms with E-state index in [9.17, 15) is 14.9 Å². The number of nitrogens with zero attached hydrogens (tertiary/aromatic N) is 4.